The van der Waals surface area contributed by atoms with Crippen molar-refractivity contribution in [3.05, 3.63) is 33.2 Å². The van der Waals surface area contributed by atoms with Gasteiger partial charge in [-0.3, -0.25) is 0 Å². The minimum absolute atomic E-state index is 0.712. The van der Waals surface area contributed by atoms with E-state index in [0.717, 1.165) is 26.6 Å². The van der Waals surface area contributed by atoms with Crippen LogP contribution in [0.5, 0.6) is 0 Å². The second-order valence-electron chi connectivity index (χ2n) is 4.64. The molecule has 0 radical (unpaired) electrons. The number of hydrogen-bond acceptors (Lipinski definition) is 4. The van der Waals surface area contributed by atoms with Crippen molar-refractivity contribution in [3.8, 4) is 10.6 Å². The first kappa shape index (κ1) is 12.3. The summed E-state index contributed by atoms with van der Waals surface area (Å²) in [6.07, 6.45) is 2.60. The van der Waals surface area contributed by atoms with Gasteiger partial charge in [0.15, 0.2) is 0 Å². The summed E-state index contributed by atoms with van der Waals surface area (Å²) in [5.41, 5.74) is 2.36. The molecule has 2 aromatic rings. The van der Waals surface area contributed by atoms with Crippen molar-refractivity contribution in [2.24, 2.45) is 0 Å². The van der Waals surface area contributed by atoms with Crippen molar-refractivity contribution in [2.45, 2.75) is 32.4 Å². The van der Waals surface area contributed by atoms with Crippen LogP contribution < -0.4 is 5.32 Å². The zero-order valence-electron chi connectivity index (χ0n) is 10.1. The quantitative estimate of drug-likeness (QED) is 0.935. The zero-order chi connectivity index (χ0) is 12.5. The maximum atomic E-state index is 4.27. The molecule has 5 heteroatoms. The molecule has 1 saturated carbocycles. The van der Waals surface area contributed by atoms with Gasteiger partial charge in [0, 0.05) is 22.6 Å². The van der Waals surface area contributed by atoms with E-state index in [1.54, 1.807) is 11.3 Å². The van der Waals surface area contributed by atoms with Gasteiger partial charge in [-0.2, -0.15) is 0 Å². The molecule has 0 saturated heterocycles. The molecule has 3 rings (SSSR count). The predicted octanol–water partition coefficient (Wildman–Crippen LogP) is 3.53. The van der Waals surface area contributed by atoms with E-state index in [2.05, 4.69) is 56.6 Å². The van der Waals surface area contributed by atoms with Crippen LogP contribution in [-0.2, 0) is 6.54 Å². The maximum Gasteiger partial charge on any atom is 0.148 e. The first-order valence-electron chi connectivity index (χ1n) is 6.04. The van der Waals surface area contributed by atoms with Crippen LogP contribution in [0, 0.1) is 6.92 Å². The molecule has 0 bridgehead atoms. The lowest BCUT2D eigenvalue weighted by Gasteiger charge is -2.00. The van der Waals surface area contributed by atoms with Gasteiger partial charge in [-0.05, 0) is 31.4 Å². The van der Waals surface area contributed by atoms with Crippen molar-refractivity contribution in [1.29, 1.82) is 0 Å². The molecule has 1 fully saturated rings. The van der Waals surface area contributed by atoms with Gasteiger partial charge in [0.05, 0.1) is 0 Å². The molecular formula is C13H14BrN3S. The van der Waals surface area contributed by atoms with E-state index in [4.69, 9.17) is 0 Å². The fraction of sp³-hybridized carbons (Fsp3) is 0.385. The van der Waals surface area contributed by atoms with E-state index in [0.29, 0.717) is 6.04 Å². The first-order valence-corrected chi connectivity index (χ1v) is 7.65. The van der Waals surface area contributed by atoms with Crippen molar-refractivity contribution in [2.75, 3.05) is 0 Å². The largest absolute Gasteiger partial charge is 0.308 e. The Bertz CT molecular complexity index is 563. The molecule has 1 N–H and O–H groups in total. The van der Waals surface area contributed by atoms with Crippen LogP contribution >= 0.6 is 27.3 Å². The van der Waals surface area contributed by atoms with Crippen LogP contribution in [0.4, 0.5) is 0 Å². The van der Waals surface area contributed by atoms with Gasteiger partial charge in [-0.1, -0.05) is 39.4 Å². The summed E-state index contributed by atoms with van der Waals surface area (Å²) in [6, 6.07) is 7.02. The van der Waals surface area contributed by atoms with Crippen LogP contribution in [0.25, 0.3) is 10.6 Å². The monoisotopic (exact) mass is 323 g/mol. The van der Waals surface area contributed by atoms with E-state index in [1.807, 2.05) is 0 Å². The minimum atomic E-state index is 0.712. The van der Waals surface area contributed by atoms with Crippen LogP contribution in [0.1, 0.15) is 23.4 Å². The number of aromatic nitrogens is 2. The van der Waals surface area contributed by atoms with Crippen molar-refractivity contribution in [1.82, 2.24) is 15.5 Å². The number of hydrogen-bond donors (Lipinski definition) is 1. The molecule has 3 nitrogen and oxygen atoms in total. The Kier molecular flexibility index (Phi) is 3.46. The Morgan fingerprint density at radius 2 is 2.22 bits per heavy atom. The molecule has 1 aromatic carbocycles. The van der Waals surface area contributed by atoms with Crippen LogP contribution in [-0.4, -0.2) is 16.2 Å². The zero-order valence-corrected chi connectivity index (χ0v) is 12.5. The molecule has 1 heterocycles. The number of halogens is 1. The van der Waals surface area contributed by atoms with E-state index in [-0.39, 0.29) is 0 Å². The Hall–Kier alpha value is -0.780. The standard InChI is InChI=1S/C13H14BrN3S/c1-8-2-5-10(11(14)6-8)13-17-16-12(18-13)7-15-9-3-4-9/h2,5-6,9,15H,3-4,7H2,1H3. The van der Waals surface area contributed by atoms with Gasteiger partial charge in [0.1, 0.15) is 10.0 Å². The van der Waals surface area contributed by atoms with Crippen molar-refractivity contribution in [3.63, 3.8) is 0 Å². The Labute approximate surface area is 119 Å². The van der Waals surface area contributed by atoms with Gasteiger partial charge in [0.25, 0.3) is 0 Å². The lowest BCUT2D eigenvalue weighted by atomic mass is 10.2. The van der Waals surface area contributed by atoms with Gasteiger partial charge >= 0.3 is 0 Å². The Morgan fingerprint density at radius 3 is 2.94 bits per heavy atom. The third kappa shape index (κ3) is 2.79. The summed E-state index contributed by atoms with van der Waals surface area (Å²) in [4.78, 5) is 0. The Balaban J connectivity index is 1.78. The van der Waals surface area contributed by atoms with Crippen LogP contribution in [0.15, 0.2) is 22.7 Å². The second kappa shape index (κ2) is 5.07. The lowest BCUT2D eigenvalue weighted by molar-refractivity contribution is 0.679. The maximum absolute atomic E-state index is 4.27. The molecule has 0 spiro atoms. The summed E-state index contributed by atoms with van der Waals surface area (Å²) < 4.78 is 1.08. The van der Waals surface area contributed by atoms with Gasteiger partial charge in [0.2, 0.25) is 0 Å². The Morgan fingerprint density at radius 1 is 1.39 bits per heavy atom. The summed E-state index contributed by atoms with van der Waals surface area (Å²) >= 11 is 5.25. The topological polar surface area (TPSA) is 37.8 Å². The van der Waals surface area contributed by atoms with Crippen molar-refractivity contribution < 1.29 is 0 Å². The third-order valence-electron chi connectivity index (χ3n) is 2.94. The summed E-state index contributed by atoms with van der Waals surface area (Å²) in [5.74, 6) is 0. The molecule has 1 aliphatic rings. The fourth-order valence-electron chi connectivity index (χ4n) is 1.75. The molecule has 94 valence electrons. The van der Waals surface area contributed by atoms with Crippen molar-refractivity contribution >= 4 is 27.3 Å². The first-order chi connectivity index (χ1) is 8.72. The van der Waals surface area contributed by atoms with Gasteiger partial charge < -0.3 is 5.32 Å². The second-order valence-corrected chi connectivity index (χ2v) is 6.56. The third-order valence-corrected chi connectivity index (χ3v) is 4.55. The number of benzene rings is 1. The van der Waals surface area contributed by atoms with Gasteiger partial charge in [-0.25, -0.2) is 0 Å². The summed E-state index contributed by atoms with van der Waals surface area (Å²) in [6.45, 7) is 2.92. The average Bonchev–Trinajstić information content (AvgIpc) is 3.05. The SMILES string of the molecule is Cc1ccc(-c2nnc(CNC3CC3)s2)c(Br)c1. The molecule has 18 heavy (non-hydrogen) atoms. The van der Waals surface area contributed by atoms with E-state index >= 15 is 0 Å². The fourth-order valence-corrected chi connectivity index (χ4v) is 3.39. The normalized spacial score (nSPS) is 15.0. The lowest BCUT2D eigenvalue weighted by Crippen LogP contribution is -2.14. The number of rotatable bonds is 4. The highest BCUT2D eigenvalue weighted by Crippen LogP contribution is 2.31. The van der Waals surface area contributed by atoms with Gasteiger partial charge in [-0.15, -0.1) is 10.2 Å². The number of aryl methyl sites for hydroxylation is 1. The van der Waals surface area contributed by atoms with E-state index < -0.39 is 0 Å². The molecule has 1 aliphatic carbocycles. The molecule has 0 aliphatic heterocycles. The van der Waals surface area contributed by atoms with E-state index in [1.165, 1.54) is 18.4 Å². The highest BCUT2D eigenvalue weighted by molar-refractivity contribution is 9.10. The highest BCUT2D eigenvalue weighted by Gasteiger charge is 2.20. The van der Waals surface area contributed by atoms with Crippen LogP contribution in [0.3, 0.4) is 0 Å². The summed E-state index contributed by atoms with van der Waals surface area (Å²) in [5, 5.41) is 14.0. The number of nitrogens with one attached hydrogen (secondary N) is 1. The molecule has 0 amide bonds. The molecule has 1 aromatic heterocycles. The average molecular weight is 324 g/mol. The number of nitrogens with zero attached hydrogens (tertiary/aromatic N) is 2. The molecule has 0 atom stereocenters. The smallest absolute Gasteiger partial charge is 0.148 e. The molecule has 0 unspecified atom stereocenters. The van der Waals surface area contributed by atoms with E-state index in [9.17, 15) is 0 Å². The minimum Gasteiger partial charge on any atom is -0.308 e. The summed E-state index contributed by atoms with van der Waals surface area (Å²) in [7, 11) is 0. The highest BCUT2D eigenvalue weighted by atomic mass is 79.9. The predicted molar refractivity (Wildman–Crippen MR) is 77.6 cm³/mol. The van der Waals surface area contributed by atoms with Crippen LogP contribution in [0.2, 0.25) is 0 Å². The molecular weight excluding hydrogens is 310 g/mol.